The van der Waals surface area contributed by atoms with E-state index in [4.69, 9.17) is 11.0 Å². The van der Waals surface area contributed by atoms with Crippen molar-refractivity contribution >= 4 is 17.5 Å². The molecule has 0 unspecified atom stereocenters. The molecule has 3 aromatic heterocycles. The molecule has 0 amide bonds. The van der Waals surface area contributed by atoms with Crippen LogP contribution in [0.2, 0.25) is 0 Å². The lowest BCUT2D eigenvalue weighted by Crippen LogP contribution is -2.16. The molecule has 0 aliphatic carbocycles. The van der Waals surface area contributed by atoms with Crippen molar-refractivity contribution in [1.29, 1.82) is 5.26 Å². The first-order valence-electron chi connectivity index (χ1n) is 8.47. The summed E-state index contributed by atoms with van der Waals surface area (Å²) in [7, 11) is 0. The van der Waals surface area contributed by atoms with Gasteiger partial charge >= 0.3 is 6.30 Å². The number of nitriles is 1. The van der Waals surface area contributed by atoms with Crippen molar-refractivity contribution in [2.24, 2.45) is 5.73 Å². The molecule has 0 spiro atoms. The number of anilines is 3. The number of halogens is 3. The number of aromatic nitrogens is 5. The zero-order chi connectivity index (χ0) is 20.9. The van der Waals surface area contributed by atoms with Crippen LogP contribution in [0.3, 0.4) is 0 Å². The van der Waals surface area contributed by atoms with Gasteiger partial charge in [-0.15, -0.1) is 13.2 Å². The number of hydrogen-bond donors (Lipinski definition) is 3. The Balaban J connectivity index is 1.89. The Labute approximate surface area is 163 Å². The van der Waals surface area contributed by atoms with E-state index in [0.29, 0.717) is 36.6 Å². The number of nitrogens with zero attached hydrogens (tertiary/aromatic N) is 6. The lowest BCUT2D eigenvalue weighted by Gasteiger charge is -2.12. The average molecular weight is 403 g/mol. The maximum atomic E-state index is 12.8. The maximum Gasteiger partial charge on any atom is 0.504 e. The molecule has 3 rings (SSSR count). The van der Waals surface area contributed by atoms with Crippen molar-refractivity contribution in [3.63, 3.8) is 0 Å². The maximum absolute atomic E-state index is 12.8. The highest BCUT2D eigenvalue weighted by Gasteiger charge is 2.32. The summed E-state index contributed by atoms with van der Waals surface area (Å²) in [5.74, 6) is 0.540. The van der Waals surface area contributed by atoms with Gasteiger partial charge in [0.15, 0.2) is 0 Å². The normalized spacial score (nSPS) is 11.1. The molecule has 0 aromatic carbocycles. The van der Waals surface area contributed by atoms with E-state index in [1.165, 1.54) is 18.5 Å². The molecule has 0 saturated heterocycles. The molecule has 0 radical (unpaired) electrons. The molecule has 29 heavy (non-hydrogen) atoms. The van der Waals surface area contributed by atoms with Gasteiger partial charge in [0.2, 0.25) is 5.95 Å². The number of alkyl halides is 3. The predicted octanol–water partition coefficient (Wildman–Crippen LogP) is 2.59. The average Bonchev–Trinajstić information content (AvgIpc) is 3.19. The third kappa shape index (κ3) is 4.96. The van der Waals surface area contributed by atoms with E-state index in [2.05, 4.69) is 30.7 Å². The van der Waals surface area contributed by atoms with Gasteiger partial charge in [-0.25, -0.2) is 9.97 Å². The Morgan fingerprint density at radius 3 is 2.62 bits per heavy atom. The minimum atomic E-state index is -4.61. The van der Waals surface area contributed by atoms with Crippen LogP contribution in [0.15, 0.2) is 36.9 Å². The highest BCUT2D eigenvalue weighted by molar-refractivity contribution is 5.74. The van der Waals surface area contributed by atoms with E-state index in [0.717, 1.165) is 12.4 Å². The zero-order valence-electron chi connectivity index (χ0n) is 15.0. The fourth-order valence-electron chi connectivity index (χ4n) is 2.36. The zero-order valence-corrected chi connectivity index (χ0v) is 15.0. The minimum Gasteiger partial charge on any atom is -0.369 e. The summed E-state index contributed by atoms with van der Waals surface area (Å²) in [6.07, 6.45) is 0.839. The molecule has 0 bridgehead atoms. The summed E-state index contributed by atoms with van der Waals surface area (Å²) < 4.78 is 38.4. The van der Waals surface area contributed by atoms with Gasteiger partial charge in [-0.2, -0.15) is 20.0 Å². The van der Waals surface area contributed by atoms with Crippen LogP contribution < -0.4 is 16.4 Å². The largest absolute Gasteiger partial charge is 0.504 e. The third-order valence-corrected chi connectivity index (χ3v) is 3.75. The lowest BCUT2D eigenvalue weighted by atomic mass is 10.2. The number of nitrogens with two attached hydrogens (primary N) is 1. The van der Waals surface area contributed by atoms with Crippen molar-refractivity contribution < 1.29 is 13.2 Å². The molecule has 0 saturated carbocycles. The fourth-order valence-corrected chi connectivity index (χ4v) is 2.36. The van der Waals surface area contributed by atoms with Crippen LogP contribution in [0.25, 0.3) is 11.1 Å². The fraction of sp³-hybridized carbons (Fsp3) is 0.235. The summed E-state index contributed by atoms with van der Waals surface area (Å²) in [5, 5.41) is 18.1. The quantitative estimate of drug-likeness (QED) is 0.513. The summed E-state index contributed by atoms with van der Waals surface area (Å²) >= 11 is 0. The van der Waals surface area contributed by atoms with Crippen molar-refractivity contribution in [3.8, 4) is 17.2 Å². The highest BCUT2D eigenvalue weighted by atomic mass is 19.4. The van der Waals surface area contributed by atoms with Crippen LogP contribution in [0, 0.1) is 11.3 Å². The van der Waals surface area contributed by atoms with Crippen molar-refractivity contribution in [2.45, 2.75) is 12.7 Å². The number of hydrogen-bond acceptors (Lipinski definition) is 8. The van der Waals surface area contributed by atoms with Gasteiger partial charge in [0.1, 0.15) is 17.6 Å². The Morgan fingerprint density at radius 1 is 1.17 bits per heavy atom. The third-order valence-electron chi connectivity index (χ3n) is 3.75. The van der Waals surface area contributed by atoms with E-state index >= 15 is 0 Å². The smallest absolute Gasteiger partial charge is 0.369 e. The molecule has 9 nitrogen and oxygen atoms in total. The molecular weight excluding hydrogens is 387 g/mol. The Morgan fingerprint density at radius 2 is 2.00 bits per heavy atom. The number of nitrogens with one attached hydrogen (secondary N) is 2. The molecule has 3 heterocycles. The van der Waals surface area contributed by atoms with Gasteiger partial charge in [-0.05, 0) is 25.1 Å². The summed E-state index contributed by atoms with van der Waals surface area (Å²) in [4.78, 5) is 12.4. The first kappa shape index (κ1) is 20.0. The van der Waals surface area contributed by atoms with Crippen LogP contribution in [0.5, 0.6) is 0 Å². The van der Waals surface area contributed by atoms with Crippen LogP contribution in [-0.2, 0) is 6.30 Å². The molecule has 3 aromatic rings. The molecule has 12 heteroatoms. The van der Waals surface area contributed by atoms with Gasteiger partial charge in [-0.3, -0.25) is 0 Å². The van der Waals surface area contributed by atoms with Crippen LogP contribution in [-0.4, -0.2) is 37.8 Å². The van der Waals surface area contributed by atoms with Gasteiger partial charge in [0.05, 0.1) is 18.1 Å². The number of rotatable bonds is 7. The van der Waals surface area contributed by atoms with E-state index in [1.54, 1.807) is 6.07 Å². The summed E-state index contributed by atoms with van der Waals surface area (Å²) in [6.45, 7) is 0.924. The summed E-state index contributed by atoms with van der Waals surface area (Å²) in [6, 6.07) is 5.08. The van der Waals surface area contributed by atoms with Crippen LogP contribution in [0.1, 0.15) is 12.1 Å². The second kappa shape index (κ2) is 8.53. The van der Waals surface area contributed by atoms with Crippen molar-refractivity contribution in [1.82, 2.24) is 24.7 Å². The second-order valence-corrected chi connectivity index (χ2v) is 5.84. The number of pyridine rings is 1. The monoisotopic (exact) mass is 403 g/mol. The SMILES string of the molecule is N#Cc1ccc(Nc2ncc(-c3cnn(C(F)(F)F)c3)c(NCCCN)n2)cn1. The minimum absolute atomic E-state index is 0.0828. The standard InChI is InChI=1S/C17H16F3N9/c18-17(19,20)29-10-11(7-26-29)14-9-25-16(28-15(14)23-5-1-4-21)27-13-3-2-12(6-22)24-8-13/h2-3,7-10H,1,4-5,21H2,(H2,23,25,27,28). The highest BCUT2D eigenvalue weighted by Crippen LogP contribution is 2.30. The van der Waals surface area contributed by atoms with Crippen LogP contribution in [0.4, 0.5) is 30.6 Å². The van der Waals surface area contributed by atoms with E-state index < -0.39 is 6.30 Å². The van der Waals surface area contributed by atoms with Gasteiger partial charge in [-0.1, -0.05) is 0 Å². The summed E-state index contributed by atoms with van der Waals surface area (Å²) in [5.41, 5.74) is 6.88. The molecule has 4 N–H and O–H groups in total. The first-order valence-corrected chi connectivity index (χ1v) is 8.47. The van der Waals surface area contributed by atoms with E-state index in [9.17, 15) is 13.2 Å². The lowest BCUT2D eigenvalue weighted by molar-refractivity contribution is -0.212. The molecule has 0 fully saturated rings. The molecule has 0 atom stereocenters. The molecule has 150 valence electrons. The van der Waals surface area contributed by atoms with E-state index in [-0.39, 0.29) is 21.9 Å². The topological polar surface area (TPSA) is 130 Å². The Hall–Kier alpha value is -3.72. The van der Waals surface area contributed by atoms with Gasteiger partial charge < -0.3 is 16.4 Å². The van der Waals surface area contributed by atoms with Crippen LogP contribution >= 0.6 is 0 Å². The molecule has 0 aliphatic rings. The first-order chi connectivity index (χ1) is 13.9. The van der Waals surface area contributed by atoms with Crippen molar-refractivity contribution in [3.05, 3.63) is 42.6 Å². The molecule has 0 aliphatic heterocycles. The Bertz CT molecular complexity index is 1010. The Kier molecular flexibility index (Phi) is 5.89. The van der Waals surface area contributed by atoms with Crippen molar-refractivity contribution in [2.75, 3.05) is 23.7 Å². The second-order valence-electron chi connectivity index (χ2n) is 5.84. The molecular formula is C17H16F3N9. The van der Waals surface area contributed by atoms with Gasteiger partial charge in [0, 0.05) is 30.1 Å². The van der Waals surface area contributed by atoms with E-state index in [1.807, 2.05) is 6.07 Å². The van der Waals surface area contributed by atoms with Gasteiger partial charge in [0.25, 0.3) is 0 Å². The predicted molar refractivity (Wildman–Crippen MR) is 98.9 cm³/mol.